The predicted molar refractivity (Wildman–Crippen MR) is 114 cm³/mol. The standard InChI is InChI=1S/C22H31N3OS/c1-5-24-10-12-25(13-11-24)21(20-7-6-14-27-20)18(4)23-22(26)19-9-8-16(2)17(3)15-19/h6-9,14-15,18,21H,5,10-13H2,1-4H3,(H,23,26)/t18-,21-/m0/s1. The van der Waals surface area contributed by atoms with Gasteiger partial charge in [0.25, 0.3) is 5.91 Å². The van der Waals surface area contributed by atoms with Crippen LogP contribution in [0.4, 0.5) is 0 Å². The summed E-state index contributed by atoms with van der Waals surface area (Å²) in [5.74, 6) is 0.0133. The molecule has 2 aromatic rings. The van der Waals surface area contributed by atoms with E-state index in [0.717, 1.165) is 43.9 Å². The SMILES string of the molecule is CCN1CCN([C@H](c2cccs2)[C@H](C)NC(=O)c2ccc(C)c(C)c2)CC1. The van der Waals surface area contributed by atoms with Gasteiger partial charge >= 0.3 is 0 Å². The van der Waals surface area contributed by atoms with Crippen LogP contribution in [-0.4, -0.2) is 54.5 Å². The van der Waals surface area contributed by atoms with Gasteiger partial charge in [-0.3, -0.25) is 9.69 Å². The van der Waals surface area contributed by atoms with Gasteiger partial charge in [0.05, 0.1) is 6.04 Å². The first-order valence-electron chi connectivity index (χ1n) is 9.87. The highest BCUT2D eigenvalue weighted by atomic mass is 32.1. The monoisotopic (exact) mass is 385 g/mol. The molecule has 2 heterocycles. The normalized spacial score (nSPS) is 18.2. The first kappa shape index (κ1) is 20.1. The van der Waals surface area contributed by atoms with Crippen LogP contribution in [0.1, 0.15) is 46.3 Å². The Morgan fingerprint density at radius 3 is 2.48 bits per heavy atom. The molecule has 1 aliphatic heterocycles. The maximum atomic E-state index is 12.8. The number of hydrogen-bond donors (Lipinski definition) is 1. The van der Waals surface area contributed by atoms with Crippen molar-refractivity contribution in [1.82, 2.24) is 15.1 Å². The van der Waals surface area contributed by atoms with E-state index in [1.165, 1.54) is 10.4 Å². The smallest absolute Gasteiger partial charge is 0.251 e. The third kappa shape index (κ3) is 4.78. The second kappa shape index (κ2) is 9.00. The summed E-state index contributed by atoms with van der Waals surface area (Å²) in [5, 5.41) is 5.39. The number of benzene rings is 1. The average Bonchev–Trinajstić information content (AvgIpc) is 3.18. The highest BCUT2D eigenvalue weighted by molar-refractivity contribution is 7.10. The minimum Gasteiger partial charge on any atom is -0.348 e. The molecule has 5 heteroatoms. The summed E-state index contributed by atoms with van der Waals surface area (Å²) in [6.07, 6.45) is 0. The van der Waals surface area contributed by atoms with E-state index in [1.807, 2.05) is 18.2 Å². The van der Waals surface area contributed by atoms with Crippen LogP contribution in [0.5, 0.6) is 0 Å². The van der Waals surface area contributed by atoms with Crippen LogP contribution in [0.15, 0.2) is 35.7 Å². The van der Waals surface area contributed by atoms with E-state index in [-0.39, 0.29) is 18.0 Å². The molecule has 1 aromatic carbocycles. The van der Waals surface area contributed by atoms with Crippen molar-refractivity contribution in [3.05, 3.63) is 57.3 Å². The van der Waals surface area contributed by atoms with Gasteiger partial charge in [0.15, 0.2) is 0 Å². The lowest BCUT2D eigenvalue weighted by atomic mass is 10.0. The van der Waals surface area contributed by atoms with Gasteiger partial charge in [-0.1, -0.05) is 19.1 Å². The number of likely N-dealkylation sites (N-methyl/N-ethyl adjacent to an activating group) is 1. The molecule has 1 N–H and O–H groups in total. The number of rotatable bonds is 6. The number of carbonyl (C=O) groups excluding carboxylic acids is 1. The molecule has 0 bridgehead atoms. The van der Waals surface area contributed by atoms with Crippen molar-refractivity contribution in [2.45, 2.75) is 39.8 Å². The number of carbonyl (C=O) groups is 1. The molecule has 27 heavy (non-hydrogen) atoms. The highest BCUT2D eigenvalue weighted by Gasteiger charge is 2.30. The maximum Gasteiger partial charge on any atom is 0.251 e. The van der Waals surface area contributed by atoms with E-state index >= 15 is 0 Å². The molecule has 1 amide bonds. The summed E-state index contributed by atoms with van der Waals surface area (Å²) in [6.45, 7) is 13.9. The minimum atomic E-state index is 0.0133. The van der Waals surface area contributed by atoms with E-state index < -0.39 is 0 Å². The number of nitrogens with zero attached hydrogens (tertiary/aromatic N) is 2. The number of hydrogen-bond acceptors (Lipinski definition) is 4. The summed E-state index contributed by atoms with van der Waals surface area (Å²) in [7, 11) is 0. The third-order valence-corrected chi connectivity index (χ3v) is 6.63. The summed E-state index contributed by atoms with van der Waals surface area (Å²) in [6, 6.07) is 10.5. The largest absolute Gasteiger partial charge is 0.348 e. The number of thiophene rings is 1. The van der Waals surface area contributed by atoms with Gasteiger partial charge in [-0.05, 0) is 62.0 Å². The Kier molecular flexibility index (Phi) is 6.68. The number of piperazine rings is 1. The van der Waals surface area contributed by atoms with Crippen molar-refractivity contribution in [2.75, 3.05) is 32.7 Å². The van der Waals surface area contributed by atoms with E-state index in [1.54, 1.807) is 11.3 Å². The van der Waals surface area contributed by atoms with Gasteiger partial charge in [0.2, 0.25) is 0 Å². The molecule has 0 saturated carbocycles. The highest BCUT2D eigenvalue weighted by Crippen LogP contribution is 2.29. The molecule has 1 aliphatic rings. The third-order valence-electron chi connectivity index (χ3n) is 5.68. The van der Waals surface area contributed by atoms with Gasteiger partial charge in [-0.15, -0.1) is 11.3 Å². The van der Waals surface area contributed by atoms with E-state index in [2.05, 4.69) is 60.3 Å². The van der Waals surface area contributed by atoms with Crippen LogP contribution in [0, 0.1) is 13.8 Å². The lowest BCUT2D eigenvalue weighted by molar-refractivity contribution is 0.0753. The molecule has 4 nitrogen and oxygen atoms in total. The van der Waals surface area contributed by atoms with Crippen molar-refractivity contribution in [3.63, 3.8) is 0 Å². The van der Waals surface area contributed by atoms with Crippen LogP contribution in [0.3, 0.4) is 0 Å². The van der Waals surface area contributed by atoms with E-state index in [0.29, 0.717) is 0 Å². The molecule has 0 spiro atoms. The molecular weight excluding hydrogens is 354 g/mol. The molecule has 0 radical (unpaired) electrons. The quantitative estimate of drug-likeness (QED) is 0.820. The first-order chi connectivity index (χ1) is 13.0. The molecule has 2 atom stereocenters. The van der Waals surface area contributed by atoms with Gasteiger partial charge in [0.1, 0.15) is 0 Å². The summed E-state index contributed by atoms with van der Waals surface area (Å²) in [4.78, 5) is 19.2. The van der Waals surface area contributed by atoms with Crippen molar-refractivity contribution in [2.24, 2.45) is 0 Å². The lowest BCUT2D eigenvalue weighted by Gasteiger charge is -2.41. The molecule has 1 aromatic heterocycles. The van der Waals surface area contributed by atoms with Crippen molar-refractivity contribution in [1.29, 1.82) is 0 Å². The Morgan fingerprint density at radius 1 is 1.15 bits per heavy atom. The summed E-state index contributed by atoms with van der Waals surface area (Å²) >= 11 is 1.78. The topological polar surface area (TPSA) is 35.6 Å². The molecule has 0 aliphatic carbocycles. The van der Waals surface area contributed by atoms with Crippen LogP contribution >= 0.6 is 11.3 Å². The molecule has 3 rings (SSSR count). The number of aryl methyl sites for hydroxylation is 2. The Balaban J connectivity index is 1.74. The zero-order valence-electron chi connectivity index (χ0n) is 16.9. The Bertz CT molecular complexity index is 751. The Morgan fingerprint density at radius 2 is 1.89 bits per heavy atom. The van der Waals surface area contributed by atoms with Gasteiger partial charge in [-0.2, -0.15) is 0 Å². The predicted octanol–water partition coefficient (Wildman–Crippen LogP) is 3.86. The Hall–Kier alpha value is -1.69. The fraction of sp³-hybridized carbons (Fsp3) is 0.500. The molecule has 0 unspecified atom stereocenters. The zero-order valence-corrected chi connectivity index (χ0v) is 17.7. The van der Waals surface area contributed by atoms with E-state index in [4.69, 9.17) is 0 Å². The van der Waals surface area contributed by atoms with Gasteiger partial charge in [0, 0.05) is 42.7 Å². The van der Waals surface area contributed by atoms with Crippen LogP contribution in [0.25, 0.3) is 0 Å². The number of nitrogens with one attached hydrogen (secondary N) is 1. The first-order valence-corrected chi connectivity index (χ1v) is 10.8. The second-order valence-electron chi connectivity index (χ2n) is 7.49. The summed E-state index contributed by atoms with van der Waals surface area (Å²) < 4.78 is 0. The second-order valence-corrected chi connectivity index (χ2v) is 8.47. The van der Waals surface area contributed by atoms with Crippen LogP contribution in [-0.2, 0) is 0 Å². The van der Waals surface area contributed by atoms with Crippen LogP contribution in [0.2, 0.25) is 0 Å². The number of amides is 1. The molecule has 1 fully saturated rings. The minimum absolute atomic E-state index is 0.0133. The van der Waals surface area contributed by atoms with E-state index in [9.17, 15) is 4.79 Å². The molecule has 1 saturated heterocycles. The fourth-order valence-electron chi connectivity index (χ4n) is 3.81. The Labute approximate surface area is 167 Å². The lowest BCUT2D eigenvalue weighted by Crippen LogP contribution is -2.52. The van der Waals surface area contributed by atoms with Crippen molar-refractivity contribution in [3.8, 4) is 0 Å². The average molecular weight is 386 g/mol. The van der Waals surface area contributed by atoms with Gasteiger partial charge in [-0.25, -0.2) is 0 Å². The summed E-state index contributed by atoms with van der Waals surface area (Å²) in [5.41, 5.74) is 3.11. The van der Waals surface area contributed by atoms with Crippen molar-refractivity contribution >= 4 is 17.2 Å². The zero-order chi connectivity index (χ0) is 19.4. The molecule has 146 valence electrons. The van der Waals surface area contributed by atoms with Crippen molar-refractivity contribution < 1.29 is 4.79 Å². The van der Waals surface area contributed by atoms with Gasteiger partial charge < -0.3 is 10.2 Å². The maximum absolute atomic E-state index is 12.8. The molecular formula is C22H31N3OS. The fourth-order valence-corrected chi connectivity index (χ4v) is 4.78. The van der Waals surface area contributed by atoms with Crippen LogP contribution < -0.4 is 5.32 Å².